The molecule has 2 unspecified atom stereocenters. The molecule has 0 aromatic carbocycles. The van der Waals surface area contributed by atoms with E-state index in [1.165, 1.54) is 4.68 Å². The van der Waals surface area contributed by atoms with Crippen LogP contribution in [-0.4, -0.2) is 38.7 Å². The third-order valence-electron chi connectivity index (χ3n) is 3.84. The summed E-state index contributed by atoms with van der Waals surface area (Å²) in [6.45, 7) is 4.00. The van der Waals surface area contributed by atoms with Crippen molar-refractivity contribution in [1.29, 1.82) is 0 Å². The molecule has 7 heteroatoms. The normalized spacial score (nSPS) is 24.9. The average molecular weight is 332 g/mol. The minimum atomic E-state index is -0.327. The zero-order valence-electron chi connectivity index (χ0n) is 10.9. The number of hydrogen-bond acceptors (Lipinski definition) is 5. The summed E-state index contributed by atoms with van der Waals surface area (Å²) in [5.74, 6) is 0. The highest BCUT2D eigenvalue weighted by molar-refractivity contribution is 9.10. The van der Waals surface area contributed by atoms with Crippen molar-refractivity contribution in [3.63, 3.8) is 0 Å². The third-order valence-corrected chi connectivity index (χ3v) is 4.61. The minimum Gasteiger partial charge on any atom is -0.394 e. The van der Waals surface area contributed by atoms with Crippen LogP contribution in [0.15, 0.2) is 15.5 Å². The van der Waals surface area contributed by atoms with Crippen LogP contribution >= 0.6 is 15.9 Å². The standard InChI is InChI=1S/C12H18BrN3O3/c1-12(2)8(5-9(12)18)15-7-6-14-16(3-4-17)11(19)10(7)13/h6,8-9,15,17-18H,3-5H2,1-2H3. The van der Waals surface area contributed by atoms with Crippen molar-refractivity contribution in [3.05, 3.63) is 21.0 Å². The highest BCUT2D eigenvalue weighted by atomic mass is 79.9. The Kier molecular flexibility index (Phi) is 3.98. The van der Waals surface area contributed by atoms with Gasteiger partial charge in [0.1, 0.15) is 4.47 Å². The van der Waals surface area contributed by atoms with Crippen LogP contribution in [0.4, 0.5) is 5.69 Å². The van der Waals surface area contributed by atoms with Crippen LogP contribution in [-0.2, 0) is 6.54 Å². The van der Waals surface area contributed by atoms with Crippen molar-refractivity contribution in [1.82, 2.24) is 9.78 Å². The number of nitrogens with one attached hydrogen (secondary N) is 1. The topological polar surface area (TPSA) is 87.4 Å². The van der Waals surface area contributed by atoms with E-state index < -0.39 is 0 Å². The Balaban J connectivity index is 2.19. The molecule has 0 saturated heterocycles. The van der Waals surface area contributed by atoms with Crippen molar-refractivity contribution >= 4 is 21.6 Å². The maximum atomic E-state index is 11.9. The van der Waals surface area contributed by atoms with Gasteiger partial charge in [0.05, 0.1) is 31.1 Å². The maximum absolute atomic E-state index is 11.9. The number of anilines is 1. The first-order chi connectivity index (χ1) is 8.87. The lowest BCUT2D eigenvalue weighted by atomic mass is 9.64. The van der Waals surface area contributed by atoms with E-state index >= 15 is 0 Å². The number of halogens is 1. The van der Waals surface area contributed by atoms with Crippen molar-refractivity contribution in [2.24, 2.45) is 5.41 Å². The Morgan fingerprint density at radius 3 is 2.84 bits per heavy atom. The molecule has 1 aromatic rings. The Hall–Kier alpha value is -0.920. The van der Waals surface area contributed by atoms with Crippen LogP contribution in [0, 0.1) is 5.41 Å². The minimum absolute atomic E-state index is 0.105. The Bertz CT molecular complexity index is 529. The summed E-state index contributed by atoms with van der Waals surface area (Å²) in [6, 6.07) is 0.105. The monoisotopic (exact) mass is 331 g/mol. The molecule has 106 valence electrons. The highest BCUT2D eigenvalue weighted by Gasteiger charge is 2.47. The summed E-state index contributed by atoms with van der Waals surface area (Å²) in [5, 5.41) is 25.8. The molecule has 0 aliphatic heterocycles. The summed E-state index contributed by atoms with van der Waals surface area (Å²) in [7, 11) is 0. The van der Waals surface area contributed by atoms with Crippen molar-refractivity contribution in [2.45, 2.75) is 39.0 Å². The first kappa shape index (κ1) is 14.5. The molecule has 1 fully saturated rings. The molecular weight excluding hydrogens is 314 g/mol. The zero-order chi connectivity index (χ0) is 14.2. The lowest BCUT2D eigenvalue weighted by Crippen LogP contribution is -2.57. The summed E-state index contributed by atoms with van der Waals surface area (Å²) in [4.78, 5) is 11.9. The molecule has 0 radical (unpaired) electrons. The van der Waals surface area contributed by atoms with E-state index in [0.29, 0.717) is 16.6 Å². The number of rotatable bonds is 4. The second-order valence-electron chi connectivity index (χ2n) is 5.39. The van der Waals surface area contributed by atoms with E-state index in [9.17, 15) is 9.90 Å². The fourth-order valence-electron chi connectivity index (χ4n) is 2.15. The van der Waals surface area contributed by atoms with Crippen LogP contribution in [0.3, 0.4) is 0 Å². The number of aliphatic hydroxyl groups excluding tert-OH is 2. The summed E-state index contributed by atoms with van der Waals surface area (Å²) in [6.07, 6.45) is 1.88. The lowest BCUT2D eigenvalue weighted by molar-refractivity contribution is -0.0510. The van der Waals surface area contributed by atoms with Gasteiger partial charge in [-0.05, 0) is 22.4 Å². The van der Waals surface area contributed by atoms with Gasteiger partial charge >= 0.3 is 0 Å². The van der Waals surface area contributed by atoms with Gasteiger partial charge < -0.3 is 15.5 Å². The van der Waals surface area contributed by atoms with Crippen LogP contribution in [0.2, 0.25) is 0 Å². The number of nitrogens with zero attached hydrogens (tertiary/aromatic N) is 2. The fraction of sp³-hybridized carbons (Fsp3) is 0.667. The second kappa shape index (κ2) is 5.22. The first-order valence-corrected chi connectivity index (χ1v) is 6.98. The van der Waals surface area contributed by atoms with Crippen LogP contribution in [0.1, 0.15) is 20.3 Å². The molecule has 1 heterocycles. The van der Waals surface area contributed by atoms with Gasteiger partial charge in [-0.3, -0.25) is 4.79 Å². The van der Waals surface area contributed by atoms with E-state index in [0.717, 1.165) is 0 Å². The first-order valence-electron chi connectivity index (χ1n) is 6.19. The van der Waals surface area contributed by atoms with Gasteiger partial charge in [0, 0.05) is 11.5 Å². The van der Waals surface area contributed by atoms with Gasteiger partial charge in [-0.2, -0.15) is 5.10 Å². The lowest BCUT2D eigenvalue weighted by Gasteiger charge is -2.49. The molecule has 2 rings (SSSR count). The van der Waals surface area contributed by atoms with Gasteiger partial charge in [0.2, 0.25) is 0 Å². The Morgan fingerprint density at radius 1 is 1.63 bits per heavy atom. The predicted molar refractivity (Wildman–Crippen MR) is 75.1 cm³/mol. The fourth-order valence-corrected chi connectivity index (χ4v) is 2.58. The quantitative estimate of drug-likeness (QED) is 0.750. The molecule has 1 saturated carbocycles. The van der Waals surface area contributed by atoms with E-state index in [1.807, 2.05) is 13.8 Å². The van der Waals surface area contributed by atoms with Crippen molar-refractivity contribution in [2.75, 3.05) is 11.9 Å². The number of hydrogen-bond donors (Lipinski definition) is 3. The molecular formula is C12H18BrN3O3. The molecule has 1 aliphatic carbocycles. The Labute approximate surface area is 119 Å². The van der Waals surface area contributed by atoms with Gasteiger partial charge in [-0.25, -0.2) is 4.68 Å². The summed E-state index contributed by atoms with van der Waals surface area (Å²) >= 11 is 3.26. The molecule has 0 spiro atoms. The van der Waals surface area contributed by atoms with E-state index in [2.05, 4.69) is 26.3 Å². The van der Waals surface area contributed by atoms with Crippen LogP contribution < -0.4 is 10.9 Å². The summed E-state index contributed by atoms with van der Waals surface area (Å²) < 4.78 is 1.60. The molecule has 0 bridgehead atoms. The maximum Gasteiger partial charge on any atom is 0.283 e. The summed E-state index contributed by atoms with van der Waals surface area (Å²) in [5.41, 5.74) is 0.111. The number of aromatic nitrogens is 2. The van der Waals surface area contributed by atoms with E-state index in [-0.39, 0.29) is 36.3 Å². The van der Waals surface area contributed by atoms with Crippen LogP contribution in [0.25, 0.3) is 0 Å². The van der Waals surface area contributed by atoms with Gasteiger partial charge in [0.25, 0.3) is 5.56 Å². The van der Waals surface area contributed by atoms with Crippen molar-refractivity contribution in [3.8, 4) is 0 Å². The smallest absolute Gasteiger partial charge is 0.283 e. The molecule has 2 atom stereocenters. The SMILES string of the molecule is CC1(C)C(O)CC1Nc1cnn(CCO)c(=O)c1Br. The molecule has 0 amide bonds. The molecule has 1 aromatic heterocycles. The van der Waals surface area contributed by atoms with Crippen LogP contribution in [0.5, 0.6) is 0 Å². The van der Waals surface area contributed by atoms with Gasteiger partial charge in [-0.15, -0.1) is 0 Å². The van der Waals surface area contributed by atoms with Gasteiger partial charge in [0.15, 0.2) is 0 Å². The van der Waals surface area contributed by atoms with Crippen molar-refractivity contribution < 1.29 is 10.2 Å². The second-order valence-corrected chi connectivity index (χ2v) is 6.19. The largest absolute Gasteiger partial charge is 0.394 e. The predicted octanol–water partition coefficient (Wildman–Crippen LogP) is 0.569. The third kappa shape index (κ3) is 2.54. The zero-order valence-corrected chi connectivity index (χ0v) is 12.5. The molecule has 6 nitrogen and oxygen atoms in total. The Morgan fingerprint density at radius 2 is 2.32 bits per heavy atom. The average Bonchev–Trinajstić information content (AvgIpc) is 2.37. The molecule has 3 N–H and O–H groups in total. The van der Waals surface area contributed by atoms with Gasteiger partial charge in [-0.1, -0.05) is 13.8 Å². The van der Waals surface area contributed by atoms with E-state index in [1.54, 1.807) is 6.20 Å². The highest BCUT2D eigenvalue weighted by Crippen LogP contribution is 2.42. The number of aliphatic hydroxyl groups is 2. The van der Waals surface area contributed by atoms with E-state index in [4.69, 9.17) is 5.11 Å². The molecule has 1 aliphatic rings. The molecule has 19 heavy (non-hydrogen) atoms.